The Bertz CT molecular complexity index is 1300. The average molecular weight is 524 g/mol. The van der Waals surface area contributed by atoms with Crippen LogP contribution in [-0.2, 0) is 14.3 Å². The number of nitriles is 1. The Morgan fingerprint density at radius 1 is 1.06 bits per heavy atom. The van der Waals surface area contributed by atoms with E-state index < -0.39 is 11.9 Å². The van der Waals surface area contributed by atoms with Crippen molar-refractivity contribution in [1.82, 2.24) is 4.98 Å². The van der Waals surface area contributed by atoms with E-state index in [0.29, 0.717) is 21.9 Å². The molecule has 0 spiro atoms. The van der Waals surface area contributed by atoms with Gasteiger partial charge in [0.2, 0.25) is 5.91 Å². The number of esters is 2. The number of hydrogen-bond donors (Lipinski definition) is 1. The van der Waals surface area contributed by atoms with Crippen molar-refractivity contribution in [3.8, 4) is 17.3 Å². The molecule has 3 rings (SSSR count). The first kappa shape index (κ1) is 26.9. The predicted octanol–water partition coefficient (Wildman–Crippen LogP) is 5.46. The number of thioether (sulfide) groups is 1. The highest BCUT2D eigenvalue weighted by Gasteiger charge is 2.27. The van der Waals surface area contributed by atoms with Crippen LogP contribution in [0.3, 0.4) is 0 Å². The number of thiophene rings is 1. The normalized spacial score (nSPS) is 10.4. The lowest BCUT2D eigenvalue weighted by Crippen LogP contribution is -2.15. The molecule has 0 aliphatic rings. The Hall–Kier alpha value is -3.68. The highest BCUT2D eigenvalue weighted by molar-refractivity contribution is 7.99. The van der Waals surface area contributed by atoms with Gasteiger partial charge in [-0.3, -0.25) is 4.79 Å². The predicted molar refractivity (Wildman–Crippen MR) is 139 cm³/mol. The van der Waals surface area contributed by atoms with E-state index in [1.165, 1.54) is 11.8 Å². The van der Waals surface area contributed by atoms with Gasteiger partial charge in [-0.15, -0.1) is 23.1 Å². The molecule has 0 radical (unpaired) electrons. The van der Waals surface area contributed by atoms with Crippen LogP contribution in [0.2, 0.25) is 0 Å². The van der Waals surface area contributed by atoms with Gasteiger partial charge < -0.3 is 14.8 Å². The van der Waals surface area contributed by atoms with Gasteiger partial charge in [-0.2, -0.15) is 5.26 Å². The van der Waals surface area contributed by atoms with E-state index in [9.17, 15) is 19.6 Å². The van der Waals surface area contributed by atoms with Gasteiger partial charge in [0, 0.05) is 17.7 Å². The fourth-order valence-corrected chi connectivity index (χ4v) is 5.29. The highest BCUT2D eigenvalue weighted by atomic mass is 32.2. The number of aromatic nitrogens is 1. The summed E-state index contributed by atoms with van der Waals surface area (Å²) in [5, 5.41) is 13.0. The summed E-state index contributed by atoms with van der Waals surface area (Å²) in [6.45, 7) is 5.33. The SMILES string of the molecule is CCOC(=O)c1sc(NC(=O)CCSc2nc(-c3ccccc3)ccc2C#N)c(C(=O)OCC)c1C. The molecule has 0 unspecified atom stereocenters. The van der Waals surface area contributed by atoms with Crippen molar-refractivity contribution in [2.24, 2.45) is 0 Å². The Morgan fingerprint density at radius 2 is 1.75 bits per heavy atom. The van der Waals surface area contributed by atoms with E-state index >= 15 is 0 Å². The molecular weight excluding hydrogens is 498 g/mol. The summed E-state index contributed by atoms with van der Waals surface area (Å²) in [7, 11) is 0. The number of rotatable bonds is 10. The minimum atomic E-state index is -0.618. The van der Waals surface area contributed by atoms with Crippen LogP contribution in [0.1, 0.15) is 51.4 Å². The maximum absolute atomic E-state index is 12.7. The van der Waals surface area contributed by atoms with Crippen molar-refractivity contribution < 1.29 is 23.9 Å². The van der Waals surface area contributed by atoms with Crippen LogP contribution in [-0.4, -0.2) is 41.8 Å². The largest absolute Gasteiger partial charge is 0.462 e. The first-order chi connectivity index (χ1) is 17.4. The van der Waals surface area contributed by atoms with Crippen LogP contribution in [0.5, 0.6) is 0 Å². The third-order valence-electron chi connectivity index (χ3n) is 4.96. The summed E-state index contributed by atoms with van der Waals surface area (Å²) in [6.07, 6.45) is 0.0979. The second-order valence-electron chi connectivity index (χ2n) is 7.37. The van der Waals surface area contributed by atoms with Crippen LogP contribution in [0.25, 0.3) is 11.3 Å². The summed E-state index contributed by atoms with van der Waals surface area (Å²) in [6, 6.07) is 15.3. The lowest BCUT2D eigenvalue weighted by Gasteiger charge is -2.08. The summed E-state index contributed by atoms with van der Waals surface area (Å²) >= 11 is 2.28. The van der Waals surface area contributed by atoms with E-state index in [4.69, 9.17) is 9.47 Å². The van der Waals surface area contributed by atoms with E-state index in [0.717, 1.165) is 22.6 Å². The number of amides is 1. The zero-order chi connectivity index (χ0) is 26.1. The maximum Gasteiger partial charge on any atom is 0.348 e. The quantitative estimate of drug-likeness (QED) is 0.275. The van der Waals surface area contributed by atoms with Crippen molar-refractivity contribution >= 4 is 45.9 Å². The Balaban J connectivity index is 1.72. The molecule has 10 heteroatoms. The third-order valence-corrected chi connectivity index (χ3v) is 7.14. The van der Waals surface area contributed by atoms with E-state index in [2.05, 4.69) is 16.4 Å². The number of carbonyl (C=O) groups excluding carboxylic acids is 3. The fraction of sp³-hybridized carbons (Fsp3) is 0.269. The molecule has 0 aliphatic heterocycles. The van der Waals surface area contributed by atoms with E-state index in [-0.39, 0.29) is 41.0 Å². The molecule has 0 saturated carbocycles. The van der Waals surface area contributed by atoms with Gasteiger partial charge in [0.15, 0.2) is 0 Å². The number of nitrogens with one attached hydrogen (secondary N) is 1. The topological polar surface area (TPSA) is 118 Å². The third kappa shape index (κ3) is 6.50. The lowest BCUT2D eigenvalue weighted by atomic mass is 10.1. The number of hydrogen-bond acceptors (Lipinski definition) is 9. The first-order valence-corrected chi connectivity index (χ1v) is 13.1. The second kappa shape index (κ2) is 12.9. The Labute approximate surface area is 217 Å². The van der Waals surface area contributed by atoms with Gasteiger partial charge in [-0.25, -0.2) is 14.6 Å². The lowest BCUT2D eigenvalue weighted by molar-refractivity contribution is -0.115. The number of anilines is 1. The van der Waals surface area contributed by atoms with Gasteiger partial charge in [0.25, 0.3) is 0 Å². The smallest absolute Gasteiger partial charge is 0.348 e. The maximum atomic E-state index is 12.7. The van der Waals surface area contributed by atoms with Crippen LogP contribution in [0, 0.1) is 18.3 Å². The van der Waals surface area contributed by atoms with Crippen LogP contribution in [0.4, 0.5) is 5.00 Å². The van der Waals surface area contributed by atoms with E-state index in [1.807, 2.05) is 30.3 Å². The van der Waals surface area contributed by atoms with Gasteiger partial charge >= 0.3 is 11.9 Å². The first-order valence-electron chi connectivity index (χ1n) is 11.3. The standard InChI is InChI=1S/C26H25N3O5S2/c1-4-33-25(31)21-16(3)22(26(32)34-5-2)36-24(21)29-20(30)13-14-35-23-18(15-27)11-12-19(28-23)17-9-7-6-8-10-17/h6-12H,4-5,13-14H2,1-3H3,(H,29,30). The molecule has 1 N–H and O–H groups in total. The zero-order valence-electron chi connectivity index (χ0n) is 20.1. The summed E-state index contributed by atoms with van der Waals surface area (Å²) in [5.74, 6) is -1.17. The molecule has 0 saturated heterocycles. The van der Waals surface area contributed by atoms with Crippen LogP contribution in [0.15, 0.2) is 47.5 Å². The number of benzene rings is 1. The minimum absolute atomic E-state index is 0.0979. The van der Waals surface area contributed by atoms with Gasteiger partial charge in [-0.05, 0) is 38.5 Å². The van der Waals surface area contributed by atoms with Crippen molar-refractivity contribution in [1.29, 1.82) is 5.26 Å². The molecule has 2 heterocycles. The summed E-state index contributed by atoms with van der Waals surface area (Å²) < 4.78 is 10.2. The van der Waals surface area contributed by atoms with Crippen molar-refractivity contribution in [2.75, 3.05) is 24.3 Å². The molecule has 2 aromatic heterocycles. The molecule has 0 bridgehead atoms. The van der Waals surface area contributed by atoms with Crippen molar-refractivity contribution in [3.63, 3.8) is 0 Å². The van der Waals surface area contributed by atoms with Crippen molar-refractivity contribution in [3.05, 3.63) is 64.0 Å². The number of pyridine rings is 1. The number of ether oxygens (including phenoxy) is 2. The minimum Gasteiger partial charge on any atom is -0.462 e. The molecular formula is C26H25N3O5S2. The van der Waals surface area contributed by atoms with Gasteiger partial charge in [0.1, 0.15) is 21.0 Å². The van der Waals surface area contributed by atoms with Gasteiger partial charge in [-0.1, -0.05) is 30.3 Å². The van der Waals surface area contributed by atoms with Crippen molar-refractivity contribution in [2.45, 2.75) is 32.2 Å². The van der Waals surface area contributed by atoms with E-state index in [1.54, 1.807) is 32.9 Å². The van der Waals surface area contributed by atoms with Crippen LogP contribution < -0.4 is 5.32 Å². The summed E-state index contributed by atoms with van der Waals surface area (Å²) in [4.78, 5) is 42.4. The second-order valence-corrected chi connectivity index (χ2v) is 9.48. The molecule has 0 aliphatic carbocycles. The monoisotopic (exact) mass is 523 g/mol. The number of nitrogens with zero attached hydrogens (tertiary/aromatic N) is 2. The number of carbonyl (C=O) groups is 3. The molecule has 1 amide bonds. The Kier molecular flexibility index (Phi) is 9.61. The fourth-order valence-electron chi connectivity index (χ4n) is 3.28. The average Bonchev–Trinajstić information content (AvgIpc) is 3.20. The molecule has 8 nitrogen and oxygen atoms in total. The van der Waals surface area contributed by atoms with Crippen LogP contribution >= 0.6 is 23.1 Å². The molecule has 36 heavy (non-hydrogen) atoms. The molecule has 1 aromatic carbocycles. The molecule has 186 valence electrons. The molecule has 3 aromatic rings. The Morgan fingerprint density at radius 3 is 2.42 bits per heavy atom. The molecule has 0 atom stereocenters. The summed E-state index contributed by atoms with van der Waals surface area (Å²) in [5.41, 5.74) is 2.65. The van der Waals surface area contributed by atoms with Gasteiger partial charge in [0.05, 0.1) is 30.0 Å². The highest BCUT2D eigenvalue weighted by Crippen LogP contribution is 2.34. The zero-order valence-corrected chi connectivity index (χ0v) is 21.8. The molecule has 0 fully saturated rings.